The van der Waals surface area contributed by atoms with Crippen molar-refractivity contribution in [2.24, 2.45) is 0 Å². The summed E-state index contributed by atoms with van der Waals surface area (Å²) in [4.78, 5) is 14.5. The second kappa shape index (κ2) is 5.84. The summed E-state index contributed by atoms with van der Waals surface area (Å²) in [5.41, 5.74) is -0.0954. The van der Waals surface area contributed by atoms with E-state index in [2.05, 4.69) is 0 Å². The van der Waals surface area contributed by atoms with Crippen molar-refractivity contribution in [3.05, 3.63) is 35.6 Å². The van der Waals surface area contributed by atoms with Crippen LogP contribution >= 0.6 is 0 Å². The van der Waals surface area contributed by atoms with Crippen molar-refractivity contribution in [2.75, 3.05) is 25.9 Å². The second-order valence-electron chi connectivity index (χ2n) is 4.88. The summed E-state index contributed by atoms with van der Waals surface area (Å²) in [6.45, 7) is -0.0660. The van der Waals surface area contributed by atoms with Gasteiger partial charge in [-0.2, -0.15) is 0 Å². The average Bonchev–Trinajstić information content (AvgIpc) is 2.45. The molecule has 1 amide bonds. The zero-order valence-corrected chi connectivity index (χ0v) is 12.7. The Kier molecular flexibility index (Phi) is 4.27. The van der Waals surface area contributed by atoms with Gasteiger partial charge in [0.15, 0.2) is 0 Å². The molecule has 2 N–H and O–H groups in total. The van der Waals surface area contributed by atoms with E-state index >= 15 is 0 Å². The molecule has 1 aromatic carbocycles. The summed E-state index contributed by atoms with van der Waals surface area (Å²) >= 11 is 0. The number of hydrogen-bond acceptors (Lipinski definition) is 5. The number of amidine groups is 2. The minimum Gasteiger partial charge on any atom is -0.329 e. The minimum atomic E-state index is -3.73. The fraction of sp³-hybridized carbons (Fsp3) is 0.308. The van der Waals surface area contributed by atoms with Crippen LogP contribution in [0.2, 0.25) is 0 Å². The molecule has 22 heavy (non-hydrogen) atoms. The fourth-order valence-electron chi connectivity index (χ4n) is 2.10. The van der Waals surface area contributed by atoms with Crippen LogP contribution in [-0.2, 0) is 9.84 Å². The van der Waals surface area contributed by atoms with Gasteiger partial charge in [0.05, 0.1) is 12.1 Å². The summed E-state index contributed by atoms with van der Waals surface area (Å²) in [6, 6.07) is 5.54. The van der Waals surface area contributed by atoms with Crippen molar-refractivity contribution in [3.8, 4) is 0 Å². The minimum absolute atomic E-state index is 0.00489. The molecule has 0 aromatic heterocycles. The zero-order valence-electron chi connectivity index (χ0n) is 11.8. The summed E-state index contributed by atoms with van der Waals surface area (Å²) in [5.74, 6) is -1.40. The highest BCUT2D eigenvalue weighted by Gasteiger charge is 2.31. The predicted octanol–water partition coefficient (Wildman–Crippen LogP) is 0.540. The van der Waals surface area contributed by atoms with Gasteiger partial charge in [-0.25, -0.2) is 12.8 Å². The number of amides is 1. The van der Waals surface area contributed by atoms with E-state index in [4.69, 9.17) is 10.8 Å². The molecule has 9 heteroatoms. The lowest BCUT2D eigenvalue weighted by Crippen LogP contribution is -2.55. The highest BCUT2D eigenvalue weighted by Crippen LogP contribution is 2.14. The molecular formula is C13H15FN4O3S. The third kappa shape index (κ3) is 3.14. The van der Waals surface area contributed by atoms with Crippen LogP contribution in [0.15, 0.2) is 24.3 Å². The number of halogens is 1. The number of carbonyl (C=O) groups is 1. The SMILES string of the molecule is CS(=O)(=O)C(=N)N1CCN(C(=O)c2ccccc2F)CC1=N. The van der Waals surface area contributed by atoms with Gasteiger partial charge in [-0.15, -0.1) is 0 Å². The Labute approximate surface area is 127 Å². The van der Waals surface area contributed by atoms with E-state index in [1.165, 1.54) is 29.2 Å². The zero-order chi connectivity index (χ0) is 16.5. The molecule has 1 aliphatic heterocycles. The van der Waals surface area contributed by atoms with Crippen molar-refractivity contribution < 1.29 is 17.6 Å². The first-order chi connectivity index (χ1) is 10.2. The van der Waals surface area contributed by atoms with Gasteiger partial charge in [0.1, 0.15) is 11.7 Å². The Morgan fingerprint density at radius 3 is 2.45 bits per heavy atom. The van der Waals surface area contributed by atoms with E-state index in [-0.39, 0.29) is 31.0 Å². The fourth-order valence-corrected chi connectivity index (χ4v) is 2.71. The number of hydrogen-bond donors (Lipinski definition) is 2. The first kappa shape index (κ1) is 16.1. The van der Waals surface area contributed by atoms with Crippen molar-refractivity contribution in [2.45, 2.75) is 0 Å². The largest absolute Gasteiger partial charge is 0.329 e. The molecule has 0 unspecified atom stereocenters. The van der Waals surface area contributed by atoms with Gasteiger partial charge in [-0.05, 0) is 12.1 Å². The molecule has 0 saturated carbocycles. The van der Waals surface area contributed by atoms with Gasteiger partial charge < -0.3 is 9.80 Å². The third-order valence-electron chi connectivity index (χ3n) is 3.25. The van der Waals surface area contributed by atoms with Crippen LogP contribution in [0.4, 0.5) is 4.39 Å². The molecule has 0 atom stereocenters. The predicted molar refractivity (Wildman–Crippen MR) is 79.3 cm³/mol. The molecule has 118 valence electrons. The maximum absolute atomic E-state index is 13.6. The Bertz CT molecular complexity index is 747. The Balaban J connectivity index is 2.14. The molecule has 2 rings (SSSR count). The van der Waals surface area contributed by atoms with E-state index in [0.717, 1.165) is 11.2 Å². The molecule has 1 aromatic rings. The lowest BCUT2D eigenvalue weighted by atomic mass is 10.1. The van der Waals surface area contributed by atoms with Crippen LogP contribution in [0.3, 0.4) is 0 Å². The van der Waals surface area contributed by atoms with Gasteiger partial charge in [0, 0.05) is 19.3 Å². The molecule has 1 heterocycles. The van der Waals surface area contributed by atoms with Crippen LogP contribution in [0.1, 0.15) is 10.4 Å². The highest BCUT2D eigenvalue weighted by molar-refractivity contribution is 8.05. The van der Waals surface area contributed by atoms with Gasteiger partial charge >= 0.3 is 0 Å². The third-order valence-corrected chi connectivity index (χ3v) is 4.17. The number of benzene rings is 1. The number of sulfone groups is 1. The molecular weight excluding hydrogens is 311 g/mol. The van der Waals surface area contributed by atoms with Crippen LogP contribution in [-0.4, -0.2) is 61.0 Å². The van der Waals surface area contributed by atoms with Gasteiger partial charge in [0.25, 0.3) is 5.91 Å². The molecule has 7 nitrogen and oxygen atoms in total. The standard InChI is InChI=1S/C13H15FN4O3S/c1-22(20,21)13(16)18-7-6-17(8-11(18)15)12(19)9-4-2-3-5-10(9)14/h2-5,15-16H,6-8H2,1H3. The average molecular weight is 326 g/mol. The number of rotatable bonds is 1. The van der Waals surface area contributed by atoms with E-state index in [0.29, 0.717) is 0 Å². The van der Waals surface area contributed by atoms with E-state index < -0.39 is 26.7 Å². The monoisotopic (exact) mass is 326 g/mol. The molecule has 0 bridgehead atoms. The molecule has 1 saturated heterocycles. The van der Waals surface area contributed by atoms with Gasteiger partial charge in [-0.1, -0.05) is 12.1 Å². The second-order valence-corrected chi connectivity index (χ2v) is 6.81. The maximum atomic E-state index is 13.6. The van der Waals surface area contributed by atoms with Crippen LogP contribution < -0.4 is 0 Å². The highest BCUT2D eigenvalue weighted by atomic mass is 32.2. The summed E-state index contributed by atoms with van der Waals surface area (Å²) in [6.07, 6.45) is 0.888. The number of nitrogens with one attached hydrogen (secondary N) is 2. The summed E-state index contributed by atoms with van der Waals surface area (Å²) < 4.78 is 36.4. The van der Waals surface area contributed by atoms with Crippen molar-refractivity contribution in [1.29, 1.82) is 10.8 Å². The number of nitrogens with zero attached hydrogens (tertiary/aromatic N) is 2. The molecule has 0 aliphatic carbocycles. The molecule has 0 spiro atoms. The molecule has 0 radical (unpaired) electrons. The Morgan fingerprint density at radius 2 is 1.91 bits per heavy atom. The lowest BCUT2D eigenvalue weighted by Gasteiger charge is -2.35. The topological polar surface area (TPSA) is 105 Å². The smallest absolute Gasteiger partial charge is 0.257 e. The summed E-state index contributed by atoms with van der Waals surface area (Å²) in [5, 5.41) is 14.7. The van der Waals surface area contributed by atoms with Crippen molar-refractivity contribution in [1.82, 2.24) is 9.80 Å². The first-order valence-corrected chi connectivity index (χ1v) is 8.28. The van der Waals surface area contributed by atoms with E-state index in [1.54, 1.807) is 0 Å². The van der Waals surface area contributed by atoms with E-state index in [1.807, 2.05) is 0 Å². The molecule has 1 aliphatic rings. The van der Waals surface area contributed by atoms with Crippen LogP contribution in [0.25, 0.3) is 0 Å². The quantitative estimate of drug-likeness (QED) is 0.580. The van der Waals surface area contributed by atoms with Crippen molar-refractivity contribution >= 4 is 26.7 Å². The normalized spacial score (nSPS) is 15.8. The van der Waals surface area contributed by atoms with Crippen molar-refractivity contribution in [3.63, 3.8) is 0 Å². The van der Waals surface area contributed by atoms with Gasteiger partial charge in [0.2, 0.25) is 15.0 Å². The summed E-state index contributed by atoms with van der Waals surface area (Å²) in [7, 11) is -3.73. The maximum Gasteiger partial charge on any atom is 0.257 e. The van der Waals surface area contributed by atoms with Gasteiger partial charge in [-0.3, -0.25) is 15.6 Å². The van der Waals surface area contributed by atoms with Crippen LogP contribution in [0, 0.1) is 16.6 Å². The van der Waals surface area contributed by atoms with Crippen LogP contribution in [0.5, 0.6) is 0 Å². The molecule has 1 fully saturated rings. The Hall–Kier alpha value is -2.29. The van der Waals surface area contributed by atoms with E-state index in [9.17, 15) is 17.6 Å². The number of carbonyl (C=O) groups excluding carboxylic acids is 1. The number of piperazine rings is 1. The lowest BCUT2D eigenvalue weighted by molar-refractivity contribution is 0.0753. The Morgan fingerprint density at radius 1 is 1.27 bits per heavy atom. The first-order valence-electron chi connectivity index (χ1n) is 6.39.